The fourth-order valence-corrected chi connectivity index (χ4v) is 3.73. The van der Waals surface area contributed by atoms with Gasteiger partial charge in [-0.05, 0) is 62.8 Å². The smallest absolute Gasteiger partial charge is 0.0850 e. The molecule has 1 N–H and O–H groups in total. The molecule has 1 aliphatic rings. The molecule has 1 aromatic carbocycles. The topological polar surface area (TPSA) is 33.1 Å². The van der Waals surface area contributed by atoms with Crippen LogP contribution in [0.1, 0.15) is 43.5 Å². The maximum Gasteiger partial charge on any atom is 0.0850 e. The Morgan fingerprint density at radius 3 is 2.55 bits per heavy atom. The molecule has 1 aliphatic carbocycles. The van der Waals surface area contributed by atoms with Gasteiger partial charge in [-0.1, -0.05) is 23.2 Å². The number of hydrogen-bond acceptors (Lipinski definition) is 2. The van der Waals surface area contributed by atoms with E-state index >= 15 is 0 Å². The third kappa shape index (κ3) is 2.30. The lowest BCUT2D eigenvalue weighted by atomic mass is 9.83. The van der Waals surface area contributed by atoms with Crippen LogP contribution < -0.4 is 0 Å². The summed E-state index contributed by atoms with van der Waals surface area (Å²) in [6, 6.07) is 3.55. The summed E-state index contributed by atoms with van der Waals surface area (Å²) in [5, 5.41) is 12.6. The first-order chi connectivity index (χ1) is 9.38. The third-order valence-corrected chi connectivity index (χ3v) is 4.41. The molecule has 0 aliphatic heterocycles. The van der Waals surface area contributed by atoms with E-state index < -0.39 is 5.60 Å². The van der Waals surface area contributed by atoms with Crippen molar-refractivity contribution in [2.45, 2.75) is 45.1 Å². The van der Waals surface area contributed by atoms with E-state index in [0.717, 1.165) is 47.8 Å². The third-order valence-electron chi connectivity index (χ3n) is 3.89. The number of nitrogens with zero attached hydrogens (tertiary/aromatic N) is 1. The number of pyridine rings is 1. The summed E-state index contributed by atoms with van der Waals surface area (Å²) < 4.78 is 0. The van der Waals surface area contributed by atoms with Crippen LogP contribution in [-0.2, 0) is 18.4 Å². The first-order valence-corrected chi connectivity index (χ1v) is 7.67. The zero-order chi connectivity index (χ0) is 14.5. The largest absolute Gasteiger partial charge is 0.386 e. The van der Waals surface area contributed by atoms with Crippen LogP contribution in [0.15, 0.2) is 12.1 Å². The Balaban J connectivity index is 2.46. The summed E-state index contributed by atoms with van der Waals surface area (Å²) in [6.45, 7) is 3.61. The van der Waals surface area contributed by atoms with Gasteiger partial charge in [-0.15, -0.1) is 0 Å². The van der Waals surface area contributed by atoms with Crippen LogP contribution >= 0.6 is 23.2 Å². The van der Waals surface area contributed by atoms with Gasteiger partial charge in [-0.25, -0.2) is 0 Å². The molecular weight excluding hydrogens is 293 g/mol. The van der Waals surface area contributed by atoms with E-state index in [1.165, 1.54) is 5.56 Å². The van der Waals surface area contributed by atoms with Crippen molar-refractivity contribution < 1.29 is 5.11 Å². The van der Waals surface area contributed by atoms with Crippen molar-refractivity contribution in [1.82, 2.24) is 4.98 Å². The van der Waals surface area contributed by atoms with Crippen molar-refractivity contribution in [3.63, 3.8) is 0 Å². The fraction of sp³-hybridized carbons (Fsp3) is 0.438. The molecule has 0 bridgehead atoms. The highest BCUT2D eigenvalue weighted by Crippen LogP contribution is 2.39. The van der Waals surface area contributed by atoms with E-state index in [1.807, 2.05) is 19.9 Å². The molecule has 0 saturated carbocycles. The molecule has 0 atom stereocenters. The van der Waals surface area contributed by atoms with Gasteiger partial charge in [0.2, 0.25) is 0 Å². The maximum absolute atomic E-state index is 10.6. The first kappa shape index (κ1) is 14.1. The zero-order valence-corrected chi connectivity index (χ0v) is 13.1. The van der Waals surface area contributed by atoms with Crippen LogP contribution in [0.3, 0.4) is 0 Å². The highest BCUT2D eigenvalue weighted by Gasteiger charge is 2.28. The molecule has 1 heterocycles. The number of rotatable bonds is 1. The Morgan fingerprint density at radius 2 is 1.85 bits per heavy atom. The van der Waals surface area contributed by atoms with Crippen molar-refractivity contribution in [3.8, 4) is 0 Å². The number of benzene rings is 1. The van der Waals surface area contributed by atoms with Gasteiger partial charge >= 0.3 is 0 Å². The van der Waals surface area contributed by atoms with E-state index in [9.17, 15) is 5.11 Å². The molecule has 0 saturated heterocycles. The molecule has 2 nitrogen and oxygen atoms in total. The standard InChI is InChI=1S/C16H17Cl2NO/c1-16(2,20)15-10-5-3-4-6-12(10)19-13-8-9(17)7-11(18)14(13)15/h7-8,20H,3-6H2,1-2H3. The Kier molecular flexibility index (Phi) is 3.44. The lowest BCUT2D eigenvalue weighted by Crippen LogP contribution is -2.22. The number of hydrogen-bond donors (Lipinski definition) is 1. The summed E-state index contributed by atoms with van der Waals surface area (Å²) in [7, 11) is 0. The second-order valence-electron chi connectivity index (χ2n) is 5.96. The Labute approximate surface area is 128 Å². The molecule has 0 fully saturated rings. The van der Waals surface area contributed by atoms with E-state index in [2.05, 4.69) is 0 Å². The lowest BCUT2D eigenvalue weighted by Gasteiger charge is -2.28. The van der Waals surface area contributed by atoms with E-state index in [-0.39, 0.29) is 0 Å². The number of aliphatic hydroxyl groups is 1. The Hall–Kier alpha value is -0.830. The first-order valence-electron chi connectivity index (χ1n) is 6.91. The van der Waals surface area contributed by atoms with Crippen LogP contribution in [0.4, 0.5) is 0 Å². The molecule has 0 unspecified atom stereocenters. The number of fused-ring (bicyclic) bond motifs is 2. The molecule has 20 heavy (non-hydrogen) atoms. The van der Waals surface area contributed by atoms with Crippen LogP contribution in [-0.4, -0.2) is 10.1 Å². The molecule has 0 radical (unpaired) electrons. The van der Waals surface area contributed by atoms with Gasteiger partial charge < -0.3 is 5.11 Å². The Bertz CT molecular complexity index is 689. The average molecular weight is 310 g/mol. The summed E-state index contributed by atoms with van der Waals surface area (Å²) in [5.41, 5.74) is 3.00. The second kappa shape index (κ2) is 4.87. The number of aromatic nitrogens is 1. The van der Waals surface area contributed by atoms with Crippen molar-refractivity contribution in [2.75, 3.05) is 0 Å². The summed E-state index contributed by atoms with van der Waals surface area (Å²) >= 11 is 12.5. The normalized spacial score (nSPS) is 15.4. The van der Waals surface area contributed by atoms with Gasteiger partial charge in [-0.3, -0.25) is 4.98 Å². The van der Waals surface area contributed by atoms with Gasteiger partial charge in [-0.2, -0.15) is 0 Å². The Morgan fingerprint density at radius 1 is 1.15 bits per heavy atom. The monoisotopic (exact) mass is 309 g/mol. The highest BCUT2D eigenvalue weighted by atomic mass is 35.5. The molecule has 3 rings (SSSR count). The molecule has 4 heteroatoms. The number of aryl methyl sites for hydroxylation is 1. The van der Waals surface area contributed by atoms with Crippen LogP contribution in [0.2, 0.25) is 10.0 Å². The van der Waals surface area contributed by atoms with Crippen LogP contribution in [0.5, 0.6) is 0 Å². The highest BCUT2D eigenvalue weighted by molar-refractivity contribution is 6.38. The zero-order valence-electron chi connectivity index (χ0n) is 11.6. The minimum absolute atomic E-state index is 0.561. The van der Waals surface area contributed by atoms with E-state index in [4.69, 9.17) is 28.2 Å². The van der Waals surface area contributed by atoms with E-state index in [0.29, 0.717) is 10.0 Å². The van der Waals surface area contributed by atoms with Gasteiger partial charge in [0.25, 0.3) is 0 Å². The molecule has 1 aromatic heterocycles. The van der Waals surface area contributed by atoms with Crippen molar-refractivity contribution >= 4 is 34.1 Å². The minimum Gasteiger partial charge on any atom is -0.386 e. The van der Waals surface area contributed by atoms with Crippen LogP contribution in [0.25, 0.3) is 10.9 Å². The van der Waals surface area contributed by atoms with Gasteiger partial charge in [0.15, 0.2) is 0 Å². The molecular formula is C16H17Cl2NO. The minimum atomic E-state index is -0.944. The van der Waals surface area contributed by atoms with Crippen molar-refractivity contribution in [1.29, 1.82) is 0 Å². The predicted octanol–water partition coefficient (Wildman–Crippen LogP) is 4.65. The number of halogens is 2. The van der Waals surface area contributed by atoms with E-state index in [1.54, 1.807) is 6.07 Å². The molecule has 0 amide bonds. The van der Waals surface area contributed by atoms with Crippen molar-refractivity contribution in [2.24, 2.45) is 0 Å². The summed E-state index contributed by atoms with van der Waals surface area (Å²) in [6.07, 6.45) is 4.19. The van der Waals surface area contributed by atoms with Gasteiger partial charge in [0, 0.05) is 16.1 Å². The van der Waals surface area contributed by atoms with Gasteiger partial charge in [0.1, 0.15) is 0 Å². The SMILES string of the molecule is CC(C)(O)c1c2c(nc3cc(Cl)cc(Cl)c13)CCCC2. The average Bonchev–Trinajstić information content (AvgIpc) is 2.34. The summed E-state index contributed by atoms with van der Waals surface area (Å²) in [4.78, 5) is 4.73. The molecule has 0 spiro atoms. The molecule has 2 aromatic rings. The summed E-state index contributed by atoms with van der Waals surface area (Å²) in [5.74, 6) is 0. The molecule has 106 valence electrons. The van der Waals surface area contributed by atoms with Gasteiger partial charge in [0.05, 0.1) is 16.1 Å². The fourth-order valence-electron chi connectivity index (χ4n) is 3.15. The maximum atomic E-state index is 10.6. The lowest BCUT2D eigenvalue weighted by molar-refractivity contribution is 0.0789. The predicted molar refractivity (Wildman–Crippen MR) is 83.6 cm³/mol. The quantitative estimate of drug-likeness (QED) is 0.832. The van der Waals surface area contributed by atoms with Crippen molar-refractivity contribution in [3.05, 3.63) is 39.0 Å². The second-order valence-corrected chi connectivity index (χ2v) is 6.80. The van der Waals surface area contributed by atoms with Crippen LogP contribution in [0, 0.1) is 0 Å².